The minimum atomic E-state index is -0.903. The molecule has 0 saturated carbocycles. The number of carbonyl (C=O) groups excluding carboxylic acids is 2. The highest BCUT2D eigenvalue weighted by Gasteiger charge is 2.14. The summed E-state index contributed by atoms with van der Waals surface area (Å²) in [6.07, 6.45) is 3.26. The van der Waals surface area contributed by atoms with Crippen LogP contribution in [-0.2, 0) is 9.59 Å². The van der Waals surface area contributed by atoms with Crippen LogP contribution in [0.5, 0.6) is 5.75 Å². The number of methoxy groups -OCH3 is 1. The lowest BCUT2D eigenvalue weighted by Gasteiger charge is -2.05. The van der Waals surface area contributed by atoms with E-state index in [1.807, 2.05) is 54.6 Å². The van der Waals surface area contributed by atoms with Gasteiger partial charge >= 0.3 is 11.8 Å². The number of hydrazone groups is 1. The predicted octanol–water partition coefficient (Wildman–Crippen LogP) is 4.40. The van der Waals surface area contributed by atoms with E-state index in [1.165, 1.54) is 13.3 Å². The van der Waals surface area contributed by atoms with Gasteiger partial charge in [0.05, 0.1) is 19.0 Å². The van der Waals surface area contributed by atoms with E-state index in [0.29, 0.717) is 22.7 Å². The highest BCUT2D eigenvalue weighted by molar-refractivity contribution is 9.10. The van der Waals surface area contributed by atoms with Crippen molar-refractivity contribution in [2.45, 2.75) is 0 Å². The number of hydrogen-bond donors (Lipinski definition) is 2. The number of rotatable bonds is 6. The molecule has 0 atom stereocenters. The molecule has 0 spiro atoms. The normalized spacial score (nSPS) is 10.8. The Morgan fingerprint density at radius 1 is 1.00 bits per heavy atom. The zero-order chi connectivity index (χ0) is 23.9. The number of nitrogens with zero attached hydrogens (tertiary/aromatic N) is 3. The van der Waals surface area contributed by atoms with E-state index in [2.05, 4.69) is 31.8 Å². The van der Waals surface area contributed by atoms with Crippen LogP contribution >= 0.6 is 15.9 Å². The van der Waals surface area contributed by atoms with Gasteiger partial charge in [0.15, 0.2) is 0 Å². The van der Waals surface area contributed by atoms with Gasteiger partial charge in [-0.25, -0.2) is 10.1 Å². The van der Waals surface area contributed by atoms with Gasteiger partial charge in [-0.3, -0.25) is 9.59 Å². The number of ether oxygens (including phenoxy) is 1. The van der Waals surface area contributed by atoms with Gasteiger partial charge < -0.3 is 10.1 Å². The Hall–Kier alpha value is -4.24. The summed E-state index contributed by atoms with van der Waals surface area (Å²) in [5.41, 5.74) is 5.79. The number of para-hydroxylation sites is 1. The largest absolute Gasteiger partial charge is 0.497 e. The lowest BCUT2D eigenvalue weighted by atomic mass is 10.1. The molecule has 4 aromatic rings. The maximum Gasteiger partial charge on any atom is 0.329 e. The van der Waals surface area contributed by atoms with Crippen molar-refractivity contribution in [3.8, 4) is 22.7 Å². The average Bonchev–Trinajstić information content (AvgIpc) is 3.29. The molecule has 1 aromatic heterocycles. The van der Waals surface area contributed by atoms with E-state index >= 15 is 0 Å². The molecule has 3 aromatic carbocycles. The zero-order valence-electron chi connectivity index (χ0n) is 18.1. The molecule has 2 amide bonds. The van der Waals surface area contributed by atoms with Crippen LogP contribution in [0.1, 0.15) is 5.56 Å². The van der Waals surface area contributed by atoms with Gasteiger partial charge in [0.2, 0.25) is 0 Å². The molecular weight excluding hydrogens is 498 g/mol. The third-order valence-electron chi connectivity index (χ3n) is 4.78. The Morgan fingerprint density at radius 2 is 1.76 bits per heavy atom. The lowest BCUT2D eigenvalue weighted by Crippen LogP contribution is -2.32. The van der Waals surface area contributed by atoms with Crippen molar-refractivity contribution >= 4 is 39.6 Å². The number of nitrogens with one attached hydrogen (secondary N) is 2. The molecule has 0 radical (unpaired) electrons. The quantitative estimate of drug-likeness (QED) is 0.225. The molecule has 4 rings (SSSR count). The predicted molar refractivity (Wildman–Crippen MR) is 134 cm³/mol. The summed E-state index contributed by atoms with van der Waals surface area (Å²) in [4.78, 5) is 24.4. The van der Waals surface area contributed by atoms with Crippen molar-refractivity contribution < 1.29 is 14.3 Å². The second kappa shape index (κ2) is 10.6. The average molecular weight is 518 g/mol. The van der Waals surface area contributed by atoms with Crippen LogP contribution in [0.3, 0.4) is 0 Å². The lowest BCUT2D eigenvalue weighted by molar-refractivity contribution is -0.136. The van der Waals surface area contributed by atoms with Crippen molar-refractivity contribution in [1.29, 1.82) is 0 Å². The molecule has 0 saturated heterocycles. The first kappa shape index (κ1) is 22.9. The molecule has 2 N–H and O–H groups in total. The number of hydrogen-bond acceptors (Lipinski definition) is 5. The van der Waals surface area contributed by atoms with Gasteiger partial charge in [-0.2, -0.15) is 10.2 Å². The van der Waals surface area contributed by atoms with Gasteiger partial charge in [0.1, 0.15) is 11.4 Å². The summed E-state index contributed by atoms with van der Waals surface area (Å²) < 4.78 is 7.79. The molecule has 0 unspecified atom stereocenters. The number of amides is 2. The van der Waals surface area contributed by atoms with Crippen LogP contribution < -0.4 is 15.5 Å². The van der Waals surface area contributed by atoms with Crippen LogP contribution in [-0.4, -0.2) is 34.9 Å². The SMILES string of the molecule is COc1cccc(NC(=O)C(=O)N/N=C\c2cn(-c3ccccc3)nc2-c2ccc(Br)cc2)c1. The van der Waals surface area contributed by atoms with Crippen LogP contribution in [0, 0.1) is 0 Å². The minimum absolute atomic E-state index is 0.435. The van der Waals surface area contributed by atoms with Gasteiger partial charge in [-0.15, -0.1) is 0 Å². The van der Waals surface area contributed by atoms with Crippen molar-refractivity contribution in [3.05, 3.63) is 95.1 Å². The fraction of sp³-hybridized carbons (Fsp3) is 0.0400. The Kier molecular flexibility index (Phi) is 7.14. The molecule has 170 valence electrons. The second-order valence-electron chi connectivity index (χ2n) is 7.11. The van der Waals surface area contributed by atoms with Crippen LogP contribution in [0.2, 0.25) is 0 Å². The van der Waals surface area contributed by atoms with Crippen LogP contribution in [0.25, 0.3) is 16.9 Å². The van der Waals surface area contributed by atoms with E-state index in [9.17, 15) is 9.59 Å². The fourth-order valence-corrected chi connectivity index (χ4v) is 3.39. The molecular formula is C25H20BrN5O3. The number of benzene rings is 3. The fourth-order valence-electron chi connectivity index (χ4n) is 3.13. The standard InChI is InChI=1S/C25H20BrN5O3/c1-34-22-9-5-6-20(14-22)28-24(32)25(33)29-27-15-18-16-31(21-7-3-2-4-8-21)30-23(18)17-10-12-19(26)13-11-17/h2-16H,1H3,(H,28,32)(H,29,33)/b27-15-. The summed E-state index contributed by atoms with van der Waals surface area (Å²) in [5, 5.41) is 11.2. The Bertz CT molecular complexity index is 1330. The number of aromatic nitrogens is 2. The van der Waals surface area contributed by atoms with Crippen molar-refractivity contribution in [1.82, 2.24) is 15.2 Å². The number of anilines is 1. The second-order valence-corrected chi connectivity index (χ2v) is 8.02. The van der Waals surface area contributed by atoms with Crippen LogP contribution in [0.4, 0.5) is 5.69 Å². The molecule has 9 heteroatoms. The van der Waals surface area contributed by atoms with Crippen molar-refractivity contribution in [3.63, 3.8) is 0 Å². The molecule has 1 heterocycles. The first-order valence-corrected chi connectivity index (χ1v) is 11.0. The Labute approximate surface area is 204 Å². The molecule has 34 heavy (non-hydrogen) atoms. The molecule has 0 bridgehead atoms. The maximum absolute atomic E-state index is 12.2. The monoisotopic (exact) mass is 517 g/mol. The minimum Gasteiger partial charge on any atom is -0.497 e. The summed E-state index contributed by atoms with van der Waals surface area (Å²) >= 11 is 3.44. The van der Waals surface area contributed by atoms with E-state index in [0.717, 1.165) is 15.7 Å². The van der Waals surface area contributed by atoms with Crippen LogP contribution in [0.15, 0.2) is 94.6 Å². The summed E-state index contributed by atoms with van der Waals surface area (Å²) in [7, 11) is 1.52. The highest BCUT2D eigenvalue weighted by Crippen LogP contribution is 2.24. The van der Waals surface area contributed by atoms with E-state index < -0.39 is 11.8 Å². The third-order valence-corrected chi connectivity index (χ3v) is 5.31. The zero-order valence-corrected chi connectivity index (χ0v) is 19.7. The molecule has 8 nitrogen and oxygen atoms in total. The van der Waals surface area contributed by atoms with E-state index in [4.69, 9.17) is 9.84 Å². The van der Waals surface area contributed by atoms with Gasteiger partial charge in [0, 0.05) is 33.6 Å². The Balaban J connectivity index is 1.52. The number of carbonyl (C=O) groups is 2. The van der Waals surface area contributed by atoms with Gasteiger partial charge in [0.25, 0.3) is 0 Å². The topological polar surface area (TPSA) is 97.6 Å². The van der Waals surface area contributed by atoms with E-state index in [1.54, 1.807) is 35.1 Å². The highest BCUT2D eigenvalue weighted by atomic mass is 79.9. The van der Waals surface area contributed by atoms with E-state index in [-0.39, 0.29) is 0 Å². The van der Waals surface area contributed by atoms with Gasteiger partial charge in [-0.1, -0.05) is 52.3 Å². The maximum atomic E-state index is 12.2. The summed E-state index contributed by atoms with van der Waals surface area (Å²) in [6.45, 7) is 0. The van der Waals surface area contributed by atoms with Crippen molar-refractivity contribution in [2.75, 3.05) is 12.4 Å². The Morgan fingerprint density at radius 3 is 2.50 bits per heavy atom. The first-order valence-electron chi connectivity index (χ1n) is 10.2. The molecule has 0 aliphatic carbocycles. The molecule has 0 aliphatic rings. The summed E-state index contributed by atoms with van der Waals surface area (Å²) in [6, 6.07) is 24.0. The molecule has 0 aliphatic heterocycles. The third kappa shape index (κ3) is 5.57. The number of halogens is 1. The van der Waals surface area contributed by atoms with Crippen molar-refractivity contribution in [2.24, 2.45) is 5.10 Å². The smallest absolute Gasteiger partial charge is 0.329 e. The summed E-state index contributed by atoms with van der Waals surface area (Å²) in [5.74, 6) is -1.19. The molecule has 0 fully saturated rings. The van der Waals surface area contributed by atoms with Gasteiger partial charge in [-0.05, 0) is 36.4 Å². The first-order chi connectivity index (χ1) is 16.5.